The van der Waals surface area contributed by atoms with Crippen molar-refractivity contribution in [3.8, 4) is 0 Å². The summed E-state index contributed by atoms with van der Waals surface area (Å²) < 4.78 is 24.8. The Morgan fingerprint density at radius 2 is 1.79 bits per heavy atom. The Kier molecular flexibility index (Phi) is 4.71. The lowest BCUT2D eigenvalue weighted by Gasteiger charge is -2.40. The first-order chi connectivity index (χ1) is 9.05. The molecule has 0 aromatic rings. The van der Waals surface area contributed by atoms with E-state index in [0.29, 0.717) is 19.6 Å². The van der Waals surface area contributed by atoms with Crippen LogP contribution in [-0.2, 0) is 9.84 Å². The third-order valence-electron chi connectivity index (χ3n) is 4.14. The Hall–Kier alpha value is -0.780. The van der Waals surface area contributed by atoms with Crippen LogP contribution in [0.4, 0.5) is 4.79 Å². The second-order valence-corrected chi connectivity index (χ2v) is 8.12. The largest absolute Gasteiger partial charge is 0.338 e. The van der Waals surface area contributed by atoms with Crippen LogP contribution in [0.2, 0.25) is 0 Å². The molecule has 0 unspecified atom stereocenters. The van der Waals surface area contributed by atoms with Crippen molar-refractivity contribution in [1.29, 1.82) is 0 Å². The highest BCUT2D eigenvalue weighted by Gasteiger charge is 2.43. The molecule has 1 aliphatic heterocycles. The van der Waals surface area contributed by atoms with Crippen LogP contribution < -0.4 is 5.32 Å². The maximum Gasteiger partial charge on any atom is 0.317 e. The predicted octanol–water partition coefficient (Wildman–Crippen LogP) is 1.54. The number of amides is 2. The van der Waals surface area contributed by atoms with Crippen LogP contribution in [0.3, 0.4) is 0 Å². The molecule has 1 aliphatic carbocycles. The predicted molar refractivity (Wildman–Crippen MR) is 74.8 cm³/mol. The quantitative estimate of drug-likeness (QED) is 0.853. The summed E-state index contributed by atoms with van der Waals surface area (Å²) in [4.78, 5) is 13.3. The molecule has 2 amide bonds. The SMILES string of the molecule is CCCNC(=O)N1CC(S(=O)(=O)C2CCCCC2)C1. The molecule has 0 bridgehead atoms. The van der Waals surface area contributed by atoms with Gasteiger partial charge in [0.2, 0.25) is 0 Å². The van der Waals surface area contributed by atoms with Crippen molar-refractivity contribution < 1.29 is 13.2 Å². The monoisotopic (exact) mass is 288 g/mol. The Morgan fingerprint density at radius 3 is 2.37 bits per heavy atom. The molecule has 5 nitrogen and oxygen atoms in total. The number of carbonyl (C=O) groups excluding carboxylic acids is 1. The van der Waals surface area contributed by atoms with E-state index >= 15 is 0 Å². The fourth-order valence-corrected chi connectivity index (χ4v) is 5.13. The minimum atomic E-state index is -3.03. The standard InChI is InChI=1S/C13H24N2O3S/c1-2-8-14-13(16)15-9-12(10-15)19(17,18)11-6-4-3-5-7-11/h11-12H,2-10H2,1H3,(H,14,16). The summed E-state index contributed by atoms with van der Waals surface area (Å²) >= 11 is 0. The molecule has 2 aliphatic rings. The zero-order chi connectivity index (χ0) is 13.9. The van der Waals surface area contributed by atoms with E-state index in [1.807, 2.05) is 6.92 Å². The van der Waals surface area contributed by atoms with Gasteiger partial charge in [0.05, 0.1) is 10.5 Å². The molecule has 1 saturated heterocycles. The molecule has 0 radical (unpaired) electrons. The van der Waals surface area contributed by atoms with Gasteiger partial charge in [0, 0.05) is 19.6 Å². The number of nitrogens with zero attached hydrogens (tertiary/aromatic N) is 1. The molecular formula is C13H24N2O3S. The zero-order valence-corrected chi connectivity index (χ0v) is 12.4. The molecule has 0 spiro atoms. The number of nitrogens with one attached hydrogen (secondary N) is 1. The summed E-state index contributed by atoms with van der Waals surface area (Å²) in [6, 6.07) is -0.128. The number of urea groups is 1. The first kappa shape index (κ1) is 14.6. The highest BCUT2D eigenvalue weighted by Crippen LogP contribution is 2.29. The summed E-state index contributed by atoms with van der Waals surface area (Å²) in [5.41, 5.74) is 0. The first-order valence-corrected chi connectivity index (χ1v) is 8.92. The van der Waals surface area contributed by atoms with E-state index in [1.54, 1.807) is 4.90 Å². The van der Waals surface area contributed by atoms with Crippen LogP contribution in [0.25, 0.3) is 0 Å². The summed E-state index contributed by atoms with van der Waals surface area (Å²) in [5, 5.41) is 2.29. The summed E-state index contributed by atoms with van der Waals surface area (Å²) in [7, 11) is -3.03. The van der Waals surface area contributed by atoms with Crippen LogP contribution in [0.15, 0.2) is 0 Å². The van der Waals surface area contributed by atoms with Crippen molar-refractivity contribution in [3.05, 3.63) is 0 Å². The van der Waals surface area contributed by atoms with Gasteiger partial charge in [0.15, 0.2) is 9.84 Å². The first-order valence-electron chi connectivity index (χ1n) is 7.31. The normalized spacial score (nSPS) is 22.1. The average Bonchev–Trinajstić information content (AvgIpc) is 2.35. The Labute approximate surface area is 115 Å². The second-order valence-electron chi connectivity index (χ2n) is 5.61. The fourth-order valence-electron chi connectivity index (χ4n) is 2.82. The highest BCUT2D eigenvalue weighted by molar-refractivity contribution is 7.92. The summed E-state index contributed by atoms with van der Waals surface area (Å²) in [5.74, 6) is 0. The summed E-state index contributed by atoms with van der Waals surface area (Å²) in [6.45, 7) is 3.38. The van der Waals surface area contributed by atoms with E-state index in [1.165, 1.54) is 0 Å². The highest BCUT2D eigenvalue weighted by atomic mass is 32.2. The molecule has 1 saturated carbocycles. The topological polar surface area (TPSA) is 66.5 Å². The van der Waals surface area contributed by atoms with Crippen molar-refractivity contribution >= 4 is 15.9 Å². The van der Waals surface area contributed by atoms with Gasteiger partial charge >= 0.3 is 6.03 Å². The third kappa shape index (κ3) is 3.22. The number of rotatable bonds is 4. The van der Waals surface area contributed by atoms with Crippen molar-refractivity contribution in [1.82, 2.24) is 10.2 Å². The molecule has 0 atom stereocenters. The maximum absolute atomic E-state index is 12.4. The molecule has 2 rings (SSSR count). The van der Waals surface area contributed by atoms with Crippen LogP contribution in [0.5, 0.6) is 0 Å². The molecule has 6 heteroatoms. The lowest BCUT2D eigenvalue weighted by molar-refractivity contribution is 0.169. The zero-order valence-electron chi connectivity index (χ0n) is 11.6. The maximum atomic E-state index is 12.4. The lowest BCUT2D eigenvalue weighted by atomic mass is 10.0. The Morgan fingerprint density at radius 1 is 1.16 bits per heavy atom. The lowest BCUT2D eigenvalue weighted by Crippen LogP contribution is -2.61. The number of carbonyl (C=O) groups is 1. The Bertz CT molecular complexity index is 410. The number of hydrogen-bond acceptors (Lipinski definition) is 3. The van der Waals surface area contributed by atoms with E-state index in [2.05, 4.69) is 5.32 Å². The van der Waals surface area contributed by atoms with Gasteiger partial charge in [0.25, 0.3) is 0 Å². The second kappa shape index (κ2) is 6.11. The van der Waals surface area contributed by atoms with Gasteiger partial charge in [-0.3, -0.25) is 0 Å². The van der Waals surface area contributed by atoms with Crippen molar-refractivity contribution in [2.45, 2.75) is 55.9 Å². The van der Waals surface area contributed by atoms with E-state index in [4.69, 9.17) is 0 Å². The van der Waals surface area contributed by atoms with E-state index in [0.717, 1.165) is 38.5 Å². The Balaban J connectivity index is 1.83. The van der Waals surface area contributed by atoms with Gasteiger partial charge in [-0.05, 0) is 19.3 Å². The van der Waals surface area contributed by atoms with Gasteiger partial charge in [-0.1, -0.05) is 26.2 Å². The van der Waals surface area contributed by atoms with E-state index in [9.17, 15) is 13.2 Å². The minimum Gasteiger partial charge on any atom is -0.338 e. The molecule has 19 heavy (non-hydrogen) atoms. The van der Waals surface area contributed by atoms with Gasteiger partial charge in [0.1, 0.15) is 0 Å². The van der Waals surface area contributed by atoms with Crippen molar-refractivity contribution in [2.75, 3.05) is 19.6 Å². The summed E-state index contributed by atoms with van der Waals surface area (Å²) in [6.07, 6.45) is 5.71. The van der Waals surface area contributed by atoms with Crippen LogP contribution >= 0.6 is 0 Å². The van der Waals surface area contributed by atoms with E-state index in [-0.39, 0.29) is 16.5 Å². The minimum absolute atomic E-state index is 0.128. The molecule has 0 aromatic carbocycles. The third-order valence-corrected chi connectivity index (χ3v) is 6.77. The number of sulfone groups is 1. The molecular weight excluding hydrogens is 264 g/mol. The van der Waals surface area contributed by atoms with Gasteiger partial charge in [-0.15, -0.1) is 0 Å². The van der Waals surface area contributed by atoms with Gasteiger partial charge in [-0.2, -0.15) is 0 Å². The van der Waals surface area contributed by atoms with Crippen LogP contribution in [0, 0.1) is 0 Å². The van der Waals surface area contributed by atoms with Gasteiger partial charge < -0.3 is 10.2 Å². The fraction of sp³-hybridized carbons (Fsp3) is 0.923. The van der Waals surface area contributed by atoms with Crippen LogP contribution in [0.1, 0.15) is 45.4 Å². The number of likely N-dealkylation sites (tertiary alicyclic amines) is 1. The van der Waals surface area contributed by atoms with Crippen molar-refractivity contribution in [3.63, 3.8) is 0 Å². The molecule has 2 fully saturated rings. The van der Waals surface area contributed by atoms with Crippen molar-refractivity contribution in [2.24, 2.45) is 0 Å². The molecule has 1 heterocycles. The average molecular weight is 288 g/mol. The smallest absolute Gasteiger partial charge is 0.317 e. The number of hydrogen-bond donors (Lipinski definition) is 1. The molecule has 0 aromatic heterocycles. The molecule has 1 N–H and O–H groups in total. The van der Waals surface area contributed by atoms with E-state index < -0.39 is 9.84 Å². The van der Waals surface area contributed by atoms with Crippen LogP contribution in [-0.4, -0.2) is 49.5 Å². The molecule has 110 valence electrons. The van der Waals surface area contributed by atoms with Gasteiger partial charge in [-0.25, -0.2) is 13.2 Å².